The van der Waals surface area contributed by atoms with E-state index in [0.717, 1.165) is 19.6 Å². The first-order chi connectivity index (χ1) is 7.74. The lowest BCUT2D eigenvalue weighted by atomic mass is 9.90. The fraction of sp³-hybridized carbons (Fsp3) is 1.00. The van der Waals surface area contributed by atoms with Gasteiger partial charge in [0.05, 0.1) is 11.2 Å². The van der Waals surface area contributed by atoms with Crippen LogP contribution in [0.2, 0.25) is 13.6 Å². The summed E-state index contributed by atoms with van der Waals surface area (Å²) in [5, 5.41) is 0. The standard InChI is InChI=1S/C7H15BO2.C4H9BO2.2CH4/c1-6(2)7(3,4)10-8(5)9-6;1-5-6-3-2-4-7-5;;/h1-5H3;2-4H2,1H3;2*1H4. The molecule has 0 unspecified atom stereocenters. The van der Waals surface area contributed by atoms with Gasteiger partial charge in [0.25, 0.3) is 0 Å². The van der Waals surface area contributed by atoms with E-state index >= 15 is 0 Å². The van der Waals surface area contributed by atoms with Crippen LogP contribution >= 0.6 is 0 Å². The second kappa shape index (κ2) is 8.30. The van der Waals surface area contributed by atoms with Gasteiger partial charge in [-0.15, -0.1) is 0 Å². The molecule has 0 aromatic rings. The Hall–Kier alpha value is -0.0301. The highest BCUT2D eigenvalue weighted by Gasteiger charge is 2.48. The highest BCUT2D eigenvalue weighted by molar-refractivity contribution is 6.43. The normalized spacial score (nSPS) is 23.7. The van der Waals surface area contributed by atoms with Crippen LogP contribution in [0, 0.1) is 0 Å². The summed E-state index contributed by atoms with van der Waals surface area (Å²) in [6, 6.07) is 0. The average Bonchev–Trinajstić information content (AvgIpc) is 2.35. The number of hydrogen-bond acceptors (Lipinski definition) is 4. The molecule has 0 N–H and O–H groups in total. The molecule has 6 heteroatoms. The van der Waals surface area contributed by atoms with Gasteiger partial charge in [0.1, 0.15) is 0 Å². The summed E-state index contributed by atoms with van der Waals surface area (Å²) in [5.41, 5.74) is -0.321. The van der Waals surface area contributed by atoms with Gasteiger partial charge in [-0.2, -0.15) is 0 Å². The maximum Gasteiger partial charge on any atom is 0.454 e. The Morgan fingerprint density at radius 1 is 0.737 bits per heavy atom. The molecule has 0 aromatic carbocycles. The molecule has 0 aromatic heterocycles. The molecule has 0 amide bonds. The molecule has 0 atom stereocenters. The first kappa shape index (κ1) is 21.3. The molecule has 114 valence electrons. The second-order valence-corrected chi connectivity index (χ2v) is 5.49. The van der Waals surface area contributed by atoms with Gasteiger partial charge in [0.2, 0.25) is 0 Å². The third kappa shape index (κ3) is 6.30. The van der Waals surface area contributed by atoms with Crippen LogP contribution in [0.4, 0.5) is 0 Å². The van der Waals surface area contributed by atoms with Crippen molar-refractivity contribution in [2.24, 2.45) is 0 Å². The smallest absolute Gasteiger partial charge is 0.411 e. The van der Waals surface area contributed by atoms with Crippen LogP contribution in [0.1, 0.15) is 49.0 Å². The minimum atomic E-state index is -0.160. The van der Waals surface area contributed by atoms with E-state index < -0.39 is 0 Å². The van der Waals surface area contributed by atoms with Crippen LogP contribution in [-0.2, 0) is 18.6 Å². The van der Waals surface area contributed by atoms with Crippen LogP contribution in [0.15, 0.2) is 0 Å². The average molecular weight is 274 g/mol. The molecule has 19 heavy (non-hydrogen) atoms. The first-order valence-electron chi connectivity index (χ1n) is 6.33. The predicted molar refractivity (Wildman–Crippen MR) is 83.5 cm³/mol. The molecule has 0 spiro atoms. The highest BCUT2D eigenvalue weighted by Crippen LogP contribution is 2.36. The Morgan fingerprint density at radius 3 is 1.26 bits per heavy atom. The molecule has 2 heterocycles. The van der Waals surface area contributed by atoms with Crippen LogP contribution in [-0.4, -0.2) is 38.7 Å². The van der Waals surface area contributed by atoms with Crippen molar-refractivity contribution in [2.75, 3.05) is 13.2 Å². The Bertz CT molecular complexity index is 225. The molecule has 4 nitrogen and oxygen atoms in total. The number of hydrogen-bond donors (Lipinski definition) is 0. The molecular formula is C13H32B2O4. The van der Waals surface area contributed by atoms with Crippen LogP contribution in [0.25, 0.3) is 0 Å². The molecule has 2 aliphatic heterocycles. The van der Waals surface area contributed by atoms with Crippen LogP contribution < -0.4 is 0 Å². The molecule has 0 bridgehead atoms. The number of rotatable bonds is 0. The predicted octanol–water partition coefficient (Wildman–Crippen LogP) is 3.52. The van der Waals surface area contributed by atoms with Gasteiger partial charge in [0.15, 0.2) is 0 Å². The van der Waals surface area contributed by atoms with E-state index in [1.54, 1.807) is 0 Å². The third-order valence-electron chi connectivity index (χ3n) is 3.36. The van der Waals surface area contributed by atoms with Crippen molar-refractivity contribution in [3.63, 3.8) is 0 Å². The lowest BCUT2D eigenvalue weighted by molar-refractivity contribution is 0.00578. The van der Waals surface area contributed by atoms with Gasteiger partial charge < -0.3 is 18.6 Å². The van der Waals surface area contributed by atoms with Gasteiger partial charge in [-0.25, -0.2) is 0 Å². The summed E-state index contributed by atoms with van der Waals surface area (Å²) in [5.74, 6) is 0. The Labute approximate surface area is 120 Å². The zero-order chi connectivity index (χ0) is 13.1. The van der Waals surface area contributed by atoms with Gasteiger partial charge in [-0.05, 0) is 47.8 Å². The quantitative estimate of drug-likeness (QED) is 0.633. The molecule has 0 aliphatic carbocycles. The van der Waals surface area contributed by atoms with Crippen LogP contribution in [0.5, 0.6) is 0 Å². The van der Waals surface area contributed by atoms with Gasteiger partial charge >= 0.3 is 14.2 Å². The lowest BCUT2D eigenvalue weighted by Gasteiger charge is -2.32. The van der Waals surface area contributed by atoms with Gasteiger partial charge in [0, 0.05) is 13.2 Å². The molecule has 2 saturated heterocycles. The minimum absolute atomic E-state index is 0. The largest absolute Gasteiger partial charge is 0.454 e. The fourth-order valence-electron chi connectivity index (χ4n) is 1.74. The zero-order valence-electron chi connectivity index (χ0n) is 11.9. The maximum absolute atomic E-state index is 5.54. The third-order valence-corrected chi connectivity index (χ3v) is 3.36. The molecule has 2 rings (SSSR count). The summed E-state index contributed by atoms with van der Waals surface area (Å²) >= 11 is 0. The van der Waals surface area contributed by atoms with Crippen molar-refractivity contribution in [1.29, 1.82) is 0 Å². The van der Waals surface area contributed by atoms with Gasteiger partial charge in [-0.1, -0.05) is 14.9 Å². The van der Waals surface area contributed by atoms with E-state index in [1.807, 2.05) is 13.6 Å². The van der Waals surface area contributed by atoms with Crippen molar-refractivity contribution in [1.82, 2.24) is 0 Å². The zero-order valence-corrected chi connectivity index (χ0v) is 11.9. The maximum atomic E-state index is 5.54. The van der Waals surface area contributed by atoms with E-state index in [0.29, 0.717) is 0 Å². The molecule has 0 radical (unpaired) electrons. The van der Waals surface area contributed by atoms with Crippen molar-refractivity contribution in [3.05, 3.63) is 0 Å². The molecule has 0 saturated carbocycles. The molecule has 2 aliphatic rings. The minimum Gasteiger partial charge on any atom is -0.411 e. The Kier molecular flexibility index (Phi) is 9.29. The Balaban J connectivity index is 0. The van der Waals surface area contributed by atoms with E-state index in [4.69, 9.17) is 18.6 Å². The first-order valence-corrected chi connectivity index (χ1v) is 6.33. The topological polar surface area (TPSA) is 36.9 Å². The van der Waals surface area contributed by atoms with Crippen molar-refractivity contribution < 1.29 is 18.6 Å². The highest BCUT2D eigenvalue weighted by atomic mass is 16.7. The summed E-state index contributed by atoms with van der Waals surface area (Å²) in [6.45, 7) is 13.8. The molecule has 2 fully saturated rings. The van der Waals surface area contributed by atoms with E-state index in [-0.39, 0.29) is 40.3 Å². The van der Waals surface area contributed by atoms with Crippen LogP contribution in [0.3, 0.4) is 0 Å². The lowest BCUT2D eigenvalue weighted by Crippen LogP contribution is -2.41. The SMILES string of the molecule is C.C.CB1OC(C)(C)C(C)(C)O1.CB1OCCCO1. The van der Waals surface area contributed by atoms with Gasteiger partial charge in [-0.3, -0.25) is 0 Å². The van der Waals surface area contributed by atoms with E-state index in [1.165, 1.54) is 0 Å². The fourth-order valence-corrected chi connectivity index (χ4v) is 1.74. The molecular weight excluding hydrogens is 242 g/mol. The van der Waals surface area contributed by atoms with E-state index in [9.17, 15) is 0 Å². The van der Waals surface area contributed by atoms with Crippen molar-refractivity contribution >= 4 is 14.2 Å². The summed E-state index contributed by atoms with van der Waals surface area (Å²) in [6.07, 6.45) is 1.05. The Morgan fingerprint density at radius 2 is 1.11 bits per heavy atom. The second-order valence-electron chi connectivity index (χ2n) is 5.49. The monoisotopic (exact) mass is 274 g/mol. The summed E-state index contributed by atoms with van der Waals surface area (Å²) < 4.78 is 21.2. The van der Waals surface area contributed by atoms with E-state index in [2.05, 4.69) is 27.7 Å². The van der Waals surface area contributed by atoms with Crippen molar-refractivity contribution in [3.8, 4) is 0 Å². The summed E-state index contributed by atoms with van der Waals surface area (Å²) in [7, 11) is -0.0289. The van der Waals surface area contributed by atoms with Crippen molar-refractivity contribution in [2.45, 2.75) is 73.8 Å². The summed E-state index contributed by atoms with van der Waals surface area (Å²) in [4.78, 5) is 0.